The third kappa shape index (κ3) is 12.8. The molecule has 1 amide bonds. The Kier molecular flexibility index (Phi) is 12.5. The van der Waals surface area contributed by atoms with Crippen LogP contribution < -0.4 is 27.0 Å². The lowest BCUT2D eigenvalue weighted by molar-refractivity contribution is 0.0528. The van der Waals surface area contributed by atoms with E-state index in [4.69, 9.17) is 10.5 Å². The number of alkyl carbamates (subject to hydrolysis) is 1. The number of nitrogens with zero attached hydrogens (tertiary/aromatic N) is 4. The summed E-state index contributed by atoms with van der Waals surface area (Å²) in [4.78, 5) is 27.3. The summed E-state index contributed by atoms with van der Waals surface area (Å²) in [6, 6.07) is 0. The number of likely N-dealkylation sites (N-methyl/N-ethyl adjacent to an activating group) is 1. The second-order valence-electron chi connectivity index (χ2n) is 8.04. The summed E-state index contributed by atoms with van der Waals surface area (Å²) < 4.78 is 5.22. The smallest absolute Gasteiger partial charge is 0.407 e. The Labute approximate surface area is 186 Å². The number of carbonyl (C=O) groups excluding carboxylic acids is 1. The molecule has 0 aliphatic heterocycles. The van der Waals surface area contributed by atoms with Crippen LogP contribution in [0, 0.1) is 0 Å². The highest BCUT2D eigenvalue weighted by molar-refractivity contribution is 5.67. The molecule has 0 aliphatic rings. The first-order valence-corrected chi connectivity index (χ1v) is 11.1. The van der Waals surface area contributed by atoms with E-state index in [1.54, 1.807) is 0 Å². The summed E-state index contributed by atoms with van der Waals surface area (Å²) in [6.07, 6.45) is 1.11. The van der Waals surface area contributed by atoms with Crippen molar-refractivity contribution in [2.45, 2.75) is 53.1 Å². The van der Waals surface area contributed by atoms with Gasteiger partial charge in [-0.05, 0) is 53.2 Å². The van der Waals surface area contributed by atoms with Gasteiger partial charge in [-0.25, -0.2) is 4.79 Å². The molecule has 0 unspecified atom stereocenters. The lowest BCUT2D eigenvalue weighted by Gasteiger charge is -2.19. The molecule has 0 saturated carbocycles. The molecule has 0 bridgehead atoms. The lowest BCUT2D eigenvalue weighted by atomic mass is 10.2. The molecule has 178 valence electrons. The van der Waals surface area contributed by atoms with Crippen molar-refractivity contribution in [3.63, 3.8) is 0 Å². The van der Waals surface area contributed by atoms with E-state index in [0.29, 0.717) is 50.4 Å². The van der Waals surface area contributed by atoms with Gasteiger partial charge in [0.25, 0.3) is 0 Å². The van der Waals surface area contributed by atoms with Gasteiger partial charge in [0, 0.05) is 32.7 Å². The van der Waals surface area contributed by atoms with E-state index in [9.17, 15) is 4.79 Å². The second-order valence-corrected chi connectivity index (χ2v) is 8.04. The Balaban J connectivity index is 2.55. The fourth-order valence-electron chi connectivity index (χ4n) is 2.57. The predicted octanol–water partition coefficient (Wildman–Crippen LogP) is 1.71. The van der Waals surface area contributed by atoms with E-state index >= 15 is 0 Å². The number of nitrogens with two attached hydrogens (primary N) is 1. The van der Waals surface area contributed by atoms with E-state index in [1.807, 2.05) is 20.8 Å². The monoisotopic (exact) mass is 439 g/mol. The number of hydrogen-bond acceptors (Lipinski definition) is 10. The first-order chi connectivity index (χ1) is 14.8. The van der Waals surface area contributed by atoms with Crippen LogP contribution in [0.2, 0.25) is 0 Å². The molecule has 0 radical (unpaired) electrons. The summed E-state index contributed by atoms with van der Waals surface area (Å²) in [6.45, 7) is 15.8. The largest absolute Gasteiger partial charge is 0.444 e. The molecule has 1 rings (SSSR count). The van der Waals surface area contributed by atoms with Crippen molar-refractivity contribution in [1.29, 1.82) is 0 Å². The molecular formula is C20H41N9O2. The molecule has 0 fully saturated rings. The minimum Gasteiger partial charge on any atom is -0.444 e. The fourth-order valence-corrected chi connectivity index (χ4v) is 2.57. The molecule has 1 aromatic heterocycles. The van der Waals surface area contributed by atoms with Gasteiger partial charge in [0.1, 0.15) is 5.60 Å². The maximum absolute atomic E-state index is 11.7. The number of hydrogen-bond donors (Lipinski definition) is 5. The zero-order chi connectivity index (χ0) is 23.1. The molecule has 0 atom stereocenters. The van der Waals surface area contributed by atoms with Gasteiger partial charge < -0.3 is 36.6 Å². The maximum Gasteiger partial charge on any atom is 0.407 e. The highest BCUT2D eigenvalue weighted by atomic mass is 16.6. The average molecular weight is 440 g/mol. The second kappa shape index (κ2) is 14.6. The predicted molar refractivity (Wildman–Crippen MR) is 126 cm³/mol. The summed E-state index contributed by atoms with van der Waals surface area (Å²) in [5.74, 6) is 1.50. The van der Waals surface area contributed by atoms with Crippen LogP contribution in [0.5, 0.6) is 0 Å². The van der Waals surface area contributed by atoms with Gasteiger partial charge in [-0.2, -0.15) is 15.0 Å². The van der Waals surface area contributed by atoms with Crippen molar-refractivity contribution >= 4 is 23.9 Å². The third-order valence-electron chi connectivity index (χ3n) is 4.21. The molecule has 0 spiro atoms. The number of ether oxygens (including phenoxy) is 1. The van der Waals surface area contributed by atoms with Gasteiger partial charge in [-0.1, -0.05) is 13.8 Å². The molecule has 6 N–H and O–H groups in total. The standard InChI is InChI=1S/C20H41N9O2/c1-6-29(7-2)15-14-24-18-27-16(22-11-8-10-21)26-17(28-18)23-12-9-13-25-19(30)31-20(3,4)5/h6-15,21H2,1-5H3,(H,25,30)(H3,22,23,24,26,27,28). The van der Waals surface area contributed by atoms with E-state index in [-0.39, 0.29) is 0 Å². The number of nitrogens with one attached hydrogen (secondary N) is 4. The summed E-state index contributed by atoms with van der Waals surface area (Å²) >= 11 is 0. The van der Waals surface area contributed by atoms with Crippen LogP contribution in [0.4, 0.5) is 22.6 Å². The zero-order valence-electron chi connectivity index (χ0n) is 19.8. The van der Waals surface area contributed by atoms with Gasteiger partial charge in [-0.15, -0.1) is 0 Å². The van der Waals surface area contributed by atoms with Crippen LogP contribution in [-0.4, -0.2) is 83.9 Å². The van der Waals surface area contributed by atoms with Crippen molar-refractivity contribution in [3.05, 3.63) is 0 Å². The van der Waals surface area contributed by atoms with Crippen molar-refractivity contribution < 1.29 is 9.53 Å². The van der Waals surface area contributed by atoms with Crippen LogP contribution in [0.3, 0.4) is 0 Å². The van der Waals surface area contributed by atoms with Crippen molar-refractivity contribution in [1.82, 2.24) is 25.2 Å². The van der Waals surface area contributed by atoms with Crippen LogP contribution in [0.25, 0.3) is 0 Å². The van der Waals surface area contributed by atoms with Crippen LogP contribution in [0.1, 0.15) is 47.5 Å². The van der Waals surface area contributed by atoms with Crippen LogP contribution in [0.15, 0.2) is 0 Å². The van der Waals surface area contributed by atoms with Crippen LogP contribution in [-0.2, 0) is 4.74 Å². The first-order valence-electron chi connectivity index (χ1n) is 11.1. The molecule has 11 heteroatoms. The normalized spacial score (nSPS) is 11.3. The van der Waals surface area contributed by atoms with E-state index in [0.717, 1.165) is 32.6 Å². The summed E-state index contributed by atoms with van der Waals surface area (Å²) in [7, 11) is 0. The van der Waals surface area contributed by atoms with E-state index < -0.39 is 11.7 Å². The Morgan fingerprint density at radius 3 is 1.90 bits per heavy atom. The van der Waals surface area contributed by atoms with Gasteiger partial charge in [0.2, 0.25) is 17.8 Å². The molecule has 1 aromatic rings. The number of rotatable bonds is 15. The topological polar surface area (TPSA) is 142 Å². The van der Waals surface area contributed by atoms with Gasteiger partial charge in [0.05, 0.1) is 0 Å². The highest BCUT2D eigenvalue weighted by Gasteiger charge is 2.15. The Hall–Kier alpha value is -2.40. The number of anilines is 3. The van der Waals surface area contributed by atoms with Gasteiger partial charge in [-0.3, -0.25) is 0 Å². The minimum atomic E-state index is -0.505. The Morgan fingerprint density at radius 2 is 1.42 bits per heavy atom. The van der Waals surface area contributed by atoms with Crippen molar-refractivity contribution in [2.75, 3.05) is 68.3 Å². The van der Waals surface area contributed by atoms with Crippen LogP contribution >= 0.6 is 0 Å². The fraction of sp³-hybridized carbons (Fsp3) is 0.800. The first kappa shape index (κ1) is 26.6. The maximum atomic E-state index is 11.7. The molecule has 1 heterocycles. The zero-order valence-corrected chi connectivity index (χ0v) is 19.8. The quantitative estimate of drug-likeness (QED) is 0.256. The Morgan fingerprint density at radius 1 is 0.903 bits per heavy atom. The number of carbonyl (C=O) groups is 1. The highest BCUT2D eigenvalue weighted by Crippen LogP contribution is 2.10. The van der Waals surface area contributed by atoms with E-state index in [1.165, 1.54) is 0 Å². The SMILES string of the molecule is CCN(CC)CCNc1nc(NCCCN)nc(NCCCNC(=O)OC(C)(C)C)n1. The molecule has 11 nitrogen and oxygen atoms in total. The van der Waals surface area contributed by atoms with Crippen molar-refractivity contribution in [2.24, 2.45) is 5.73 Å². The van der Waals surface area contributed by atoms with Crippen molar-refractivity contribution in [3.8, 4) is 0 Å². The summed E-state index contributed by atoms with van der Waals surface area (Å²) in [5, 5.41) is 12.4. The van der Waals surface area contributed by atoms with Gasteiger partial charge in [0.15, 0.2) is 0 Å². The van der Waals surface area contributed by atoms with E-state index in [2.05, 4.69) is 55.0 Å². The average Bonchev–Trinajstić information content (AvgIpc) is 2.70. The lowest BCUT2D eigenvalue weighted by Crippen LogP contribution is -2.33. The molecule has 0 aliphatic carbocycles. The molecule has 0 saturated heterocycles. The number of aromatic nitrogens is 3. The number of amides is 1. The minimum absolute atomic E-state index is 0.418. The molecule has 0 aromatic carbocycles. The Bertz CT molecular complexity index is 634. The van der Waals surface area contributed by atoms with Gasteiger partial charge >= 0.3 is 6.09 Å². The molecular weight excluding hydrogens is 398 g/mol. The summed E-state index contributed by atoms with van der Waals surface area (Å²) in [5.41, 5.74) is 5.06. The molecule has 31 heavy (non-hydrogen) atoms. The third-order valence-corrected chi connectivity index (χ3v) is 4.21.